The average molecular weight is 287 g/mol. The Morgan fingerprint density at radius 2 is 2.12 bits per heavy atom. The smallest absolute Gasteiger partial charge is 0.0488 e. The Bertz CT molecular complexity index is 342. The van der Waals surface area contributed by atoms with E-state index in [0.717, 1.165) is 47.4 Å². The minimum absolute atomic E-state index is 0.816. The van der Waals surface area contributed by atoms with E-state index in [4.69, 9.17) is 10.5 Å². The molecule has 0 aromatic heterocycles. The molecule has 3 nitrogen and oxygen atoms in total. The fourth-order valence-electron chi connectivity index (χ4n) is 1.43. The number of benzene rings is 1. The maximum absolute atomic E-state index is 5.81. The SMILES string of the molecule is COCCCCNc1cc(C)c(N)cc1Br. The van der Waals surface area contributed by atoms with Gasteiger partial charge in [-0.15, -0.1) is 0 Å². The Morgan fingerprint density at radius 3 is 2.81 bits per heavy atom. The Hall–Kier alpha value is -0.740. The molecule has 0 spiro atoms. The lowest BCUT2D eigenvalue weighted by Gasteiger charge is -2.11. The van der Waals surface area contributed by atoms with E-state index >= 15 is 0 Å². The van der Waals surface area contributed by atoms with Crippen LogP contribution in [0.25, 0.3) is 0 Å². The number of aryl methyl sites for hydroxylation is 1. The van der Waals surface area contributed by atoms with Gasteiger partial charge in [-0.1, -0.05) is 0 Å². The van der Waals surface area contributed by atoms with Crippen molar-refractivity contribution in [1.82, 2.24) is 0 Å². The molecule has 0 saturated heterocycles. The molecule has 0 aliphatic rings. The molecular weight excluding hydrogens is 268 g/mol. The zero-order chi connectivity index (χ0) is 12.0. The third-order valence-corrected chi connectivity index (χ3v) is 3.10. The van der Waals surface area contributed by atoms with E-state index in [1.54, 1.807) is 7.11 Å². The topological polar surface area (TPSA) is 47.3 Å². The molecule has 4 heteroatoms. The first-order valence-corrected chi connectivity index (χ1v) is 6.23. The number of anilines is 2. The quantitative estimate of drug-likeness (QED) is 0.624. The van der Waals surface area contributed by atoms with Crippen LogP contribution in [0.3, 0.4) is 0 Å². The molecule has 0 aliphatic carbocycles. The highest BCUT2D eigenvalue weighted by Gasteiger charge is 2.02. The summed E-state index contributed by atoms with van der Waals surface area (Å²) >= 11 is 3.50. The summed E-state index contributed by atoms with van der Waals surface area (Å²) in [5.41, 5.74) is 8.83. The minimum atomic E-state index is 0.816. The van der Waals surface area contributed by atoms with Crippen LogP contribution in [0.5, 0.6) is 0 Å². The van der Waals surface area contributed by atoms with Gasteiger partial charge in [-0.25, -0.2) is 0 Å². The lowest BCUT2D eigenvalue weighted by molar-refractivity contribution is 0.194. The van der Waals surface area contributed by atoms with Crippen LogP contribution in [0.2, 0.25) is 0 Å². The van der Waals surface area contributed by atoms with E-state index < -0.39 is 0 Å². The van der Waals surface area contributed by atoms with Crippen LogP contribution in [0.1, 0.15) is 18.4 Å². The van der Waals surface area contributed by atoms with Gasteiger partial charge in [0, 0.05) is 36.1 Å². The molecule has 0 saturated carbocycles. The van der Waals surface area contributed by atoms with Gasteiger partial charge in [0.1, 0.15) is 0 Å². The molecule has 0 amide bonds. The van der Waals surface area contributed by atoms with Crippen molar-refractivity contribution >= 4 is 27.3 Å². The van der Waals surface area contributed by atoms with Crippen LogP contribution >= 0.6 is 15.9 Å². The Kier molecular flexibility index (Phi) is 5.63. The van der Waals surface area contributed by atoms with E-state index in [1.165, 1.54) is 0 Å². The van der Waals surface area contributed by atoms with E-state index in [0.29, 0.717) is 0 Å². The van der Waals surface area contributed by atoms with Gasteiger partial charge in [0.15, 0.2) is 0 Å². The molecule has 1 aromatic rings. The van der Waals surface area contributed by atoms with Gasteiger partial charge in [-0.3, -0.25) is 0 Å². The second-order valence-corrected chi connectivity index (χ2v) is 4.67. The first-order chi connectivity index (χ1) is 7.65. The highest BCUT2D eigenvalue weighted by molar-refractivity contribution is 9.10. The number of unbranched alkanes of at least 4 members (excludes halogenated alkanes) is 1. The molecule has 0 heterocycles. The minimum Gasteiger partial charge on any atom is -0.398 e. The third kappa shape index (κ3) is 4.02. The van der Waals surface area contributed by atoms with Crippen molar-refractivity contribution in [2.24, 2.45) is 0 Å². The molecule has 16 heavy (non-hydrogen) atoms. The summed E-state index contributed by atoms with van der Waals surface area (Å²) in [7, 11) is 1.73. The predicted octanol–water partition coefficient (Wildman–Crippen LogP) is 3.18. The highest BCUT2D eigenvalue weighted by atomic mass is 79.9. The summed E-state index contributed by atoms with van der Waals surface area (Å²) in [4.78, 5) is 0. The molecule has 0 atom stereocenters. The van der Waals surface area contributed by atoms with Crippen molar-refractivity contribution in [3.8, 4) is 0 Å². The van der Waals surface area contributed by atoms with Crippen LogP contribution in [0.4, 0.5) is 11.4 Å². The van der Waals surface area contributed by atoms with Crippen LogP contribution in [0.15, 0.2) is 16.6 Å². The second-order valence-electron chi connectivity index (χ2n) is 3.82. The van der Waals surface area contributed by atoms with Gasteiger partial charge < -0.3 is 15.8 Å². The van der Waals surface area contributed by atoms with Gasteiger partial charge in [0.05, 0.1) is 0 Å². The summed E-state index contributed by atoms with van der Waals surface area (Å²) in [6, 6.07) is 4.00. The van der Waals surface area contributed by atoms with Crippen LogP contribution < -0.4 is 11.1 Å². The number of hydrogen-bond donors (Lipinski definition) is 2. The van der Waals surface area contributed by atoms with E-state index in [2.05, 4.69) is 27.3 Å². The van der Waals surface area contributed by atoms with E-state index in [1.807, 2.05) is 13.0 Å². The number of rotatable bonds is 6. The zero-order valence-electron chi connectivity index (χ0n) is 9.85. The van der Waals surface area contributed by atoms with Crippen LogP contribution in [0, 0.1) is 6.92 Å². The van der Waals surface area contributed by atoms with Crippen molar-refractivity contribution in [2.45, 2.75) is 19.8 Å². The Morgan fingerprint density at radius 1 is 1.38 bits per heavy atom. The molecule has 0 aliphatic heterocycles. The van der Waals surface area contributed by atoms with Gasteiger partial charge in [0.25, 0.3) is 0 Å². The number of methoxy groups -OCH3 is 1. The fraction of sp³-hybridized carbons (Fsp3) is 0.500. The summed E-state index contributed by atoms with van der Waals surface area (Å²) < 4.78 is 6.02. The molecule has 90 valence electrons. The lowest BCUT2D eigenvalue weighted by atomic mass is 10.2. The number of nitrogen functional groups attached to an aromatic ring is 1. The van der Waals surface area contributed by atoms with Crippen molar-refractivity contribution in [3.63, 3.8) is 0 Å². The van der Waals surface area contributed by atoms with E-state index in [-0.39, 0.29) is 0 Å². The van der Waals surface area contributed by atoms with Crippen molar-refractivity contribution in [2.75, 3.05) is 31.3 Å². The van der Waals surface area contributed by atoms with Gasteiger partial charge in [-0.2, -0.15) is 0 Å². The monoisotopic (exact) mass is 286 g/mol. The zero-order valence-corrected chi connectivity index (χ0v) is 11.4. The van der Waals surface area contributed by atoms with Crippen molar-refractivity contribution in [3.05, 3.63) is 22.2 Å². The predicted molar refractivity (Wildman–Crippen MR) is 72.9 cm³/mol. The number of hydrogen-bond acceptors (Lipinski definition) is 3. The number of halogens is 1. The van der Waals surface area contributed by atoms with Crippen LogP contribution in [-0.2, 0) is 4.74 Å². The number of nitrogens with two attached hydrogens (primary N) is 1. The molecule has 1 aromatic carbocycles. The normalized spacial score (nSPS) is 10.4. The van der Waals surface area contributed by atoms with E-state index in [9.17, 15) is 0 Å². The van der Waals surface area contributed by atoms with Crippen molar-refractivity contribution in [1.29, 1.82) is 0 Å². The number of nitrogens with one attached hydrogen (secondary N) is 1. The molecule has 0 fully saturated rings. The maximum atomic E-state index is 5.81. The third-order valence-electron chi connectivity index (χ3n) is 2.45. The molecule has 0 radical (unpaired) electrons. The molecule has 0 unspecified atom stereocenters. The Labute approximate surface area is 105 Å². The lowest BCUT2D eigenvalue weighted by Crippen LogP contribution is -2.04. The summed E-state index contributed by atoms with van der Waals surface area (Å²) in [5.74, 6) is 0. The van der Waals surface area contributed by atoms with Crippen LogP contribution in [-0.4, -0.2) is 20.3 Å². The molecular formula is C12H19BrN2O. The summed E-state index contributed by atoms with van der Waals surface area (Å²) in [6.07, 6.45) is 2.18. The van der Waals surface area contributed by atoms with Gasteiger partial charge >= 0.3 is 0 Å². The molecule has 3 N–H and O–H groups in total. The van der Waals surface area contributed by atoms with Gasteiger partial charge in [0.2, 0.25) is 0 Å². The summed E-state index contributed by atoms with van der Waals surface area (Å²) in [6.45, 7) is 3.78. The first kappa shape index (κ1) is 13.3. The molecule has 0 bridgehead atoms. The molecule has 1 rings (SSSR count). The van der Waals surface area contributed by atoms with Crippen molar-refractivity contribution < 1.29 is 4.74 Å². The fourth-order valence-corrected chi connectivity index (χ4v) is 1.93. The number of ether oxygens (including phenoxy) is 1. The first-order valence-electron chi connectivity index (χ1n) is 5.43. The standard InChI is InChI=1S/C12H19BrN2O/c1-9-7-12(10(13)8-11(9)14)15-5-3-4-6-16-2/h7-8,15H,3-6,14H2,1-2H3. The Balaban J connectivity index is 2.45. The summed E-state index contributed by atoms with van der Waals surface area (Å²) in [5, 5.41) is 3.38. The largest absolute Gasteiger partial charge is 0.398 e. The highest BCUT2D eigenvalue weighted by Crippen LogP contribution is 2.27. The maximum Gasteiger partial charge on any atom is 0.0488 e. The van der Waals surface area contributed by atoms with Gasteiger partial charge in [-0.05, 0) is 53.4 Å². The second kappa shape index (κ2) is 6.76. The average Bonchev–Trinajstić information content (AvgIpc) is 2.25.